The summed E-state index contributed by atoms with van der Waals surface area (Å²) in [6.45, 7) is 1.42. The molecule has 1 aromatic heterocycles. The van der Waals surface area contributed by atoms with Crippen LogP contribution in [0.1, 0.15) is 48.9 Å². The van der Waals surface area contributed by atoms with Gasteiger partial charge in [0.2, 0.25) is 15.9 Å². The Morgan fingerprint density at radius 1 is 1.06 bits per heavy atom. The molecule has 1 aromatic carbocycles. The molecule has 194 valence electrons. The van der Waals surface area contributed by atoms with Crippen LogP contribution in [0.2, 0.25) is 0 Å². The highest BCUT2D eigenvalue weighted by atomic mass is 32.2. The Morgan fingerprint density at radius 2 is 1.66 bits per heavy atom. The lowest BCUT2D eigenvalue weighted by Crippen LogP contribution is -2.38. The van der Waals surface area contributed by atoms with Gasteiger partial charge in [0.25, 0.3) is 5.82 Å². The maximum Gasteiger partial charge on any atom is 0.455 e. The number of likely N-dealkylation sites (tertiary alicyclic amines) is 1. The quantitative estimate of drug-likeness (QED) is 0.534. The van der Waals surface area contributed by atoms with Crippen LogP contribution in [-0.4, -0.2) is 66.3 Å². The van der Waals surface area contributed by atoms with Gasteiger partial charge in [0, 0.05) is 43.9 Å². The smallest absolute Gasteiger partial charge is 0.455 e. The van der Waals surface area contributed by atoms with Gasteiger partial charge in [-0.2, -0.15) is 18.2 Å². The molecule has 0 amide bonds. The van der Waals surface area contributed by atoms with Crippen LogP contribution in [0.25, 0.3) is 0 Å². The van der Waals surface area contributed by atoms with Crippen molar-refractivity contribution < 1.29 is 39.6 Å². The van der Waals surface area contributed by atoms with Crippen molar-refractivity contribution in [1.29, 1.82) is 0 Å². The molecule has 0 bridgehead atoms. The van der Waals surface area contributed by atoms with E-state index in [2.05, 4.69) is 14.7 Å². The first-order valence-corrected chi connectivity index (χ1v) is 13.0. The zero-order chi connectivity index (χ0) is 25.4. The highest BCUT2D eigenvalue weighted by Crippen LogP contribution is 2.35. The van der Waals surface area contributed by atoms with Crippen LogP contribution in [0.15, 0.2) is 16.7 Å². The van der Waals surface area contributed by atoms with Gasteiger partial charge in [0.15, 0.2) is 0 Å². The highest BCUT2D eigenvalue weighted by Gasteiger charge is 2.37. The minimum absolute atomic E-state index is 0.0573. The topological polar surface area (TPSA) is 88.8 Å². The predicted octanol–water partition coefficient (Wildman–Crippen LogP) is 3.55. The molecule has 2 aliphatic rings. The van der Waals surface area contributed by atoms with Gasteiger partial charge in [-0.25, -0.2) is 21.5 Å². The van der Waals surface area contributed by atoms with Crippen molar-refractivity contribution in [3.8, 4) is 5.75 Å². The third kappa shape index (κ3) is 6.28. The maximum absolute atomic E-state index is 14.8. The minimum Gasteiger partial charge on any atom is -0.490 e. The van der Waals surface area contributed by atoms with Crippen LogP contribution < -0.4 is 4.74 Å². The number of piperidine rings is 2. The Labute approximate surface area is 199 Å². The minimum atomic E-state index is -4.67. The third-order valence-corrected chi connectivity index (χ3v) is 7.60. The van der Waals surface area contributed by atoms with E-state index in [1.165, 1.54) is 4.31 Å². The molecule has 2 aliphatic heterocycles. The SMILES string of the molecule is CS(=O)(=O)N1CCC(c2c(F)cc(OC3CCN(Cc4nc(C(F)(F)F)no4)CC3)cc2F)CC1. The van der Waals surface area contributed by atoms with Gasteiger partial charge < -0.3 is 9.26 Å². The molecule has 0 spiro atoms. The number of ether oxygens (including phenoxy) is 1. The number of hydrogen-bond donors (Lipinski definition) is 0. The summed E-state index contributed by atoms with van der Waals surface area (Å²) in [6.07, 6.45) is -2.24. The van der Waals surface area contributed by atoms with E-state index in [4.69, 9.17) is 4.74 Å². The molecule has 8 nitrogen and oxygen atoms in total. The molecule has 0 N–H and O–H groups in total. The van der Waals surface area contributed by atoms with Gasteiger partial charge >= 0.3 is 6.18 Å². The number of nitrogens with zero attached hydrogens (tertiary/aromatic N) is 4. The Balaban J connectivity index is 1.31. The summed E-state index contributed by atoms with van der Waals surface area (Å²) in [4.78, 5) is 5.19. The highest BCUT2D eigenvalue weighted by molar-refractivity contribution is 7.88. The molecule has 0 atom stereocenters. The van der Waals surface area contributed by atoms with Crippen molar-refractivity contribution in [2.24, 2.45) is 0 Å². The molecule has 2 aromatic rings. The van der Waals surface area contributed by atoms with E-state index in [0.717, 1.165) is 18.4 Å². The summed E-state index contributed by atoms with van der Waals surface area (Å²) < 4.78 is 102. The molecule has 0 radical (unpaired) electrons. The fraction of sp³-hybridized carbons (Fsp3) is 0.619. The van der Waals surface area contributed by atoms with E-state index < -0.39 is 39.6 Å². The average Bonchev–Trinajstić information content (AvgIpc) is 3.24. The second kappa shape index (κ2) is 9.97. The molecule has 4 rings (SSSR count). The molecule has 3 heterocycles. The van der Waals surface area contributed by atoms with E-state index in [0.29, 0.717) is 38.8 Å². The van der Waals surface area contributed by atoms with Gasteiger partial charge in [-0.15, -0.1) is 0 Å². The van der Waals surface area contributed by atoms with Gasteiger partial charge in [0.05, 0.1) is 12.8 Å². The van der Waals surface area contributed by atoms with Gasteiger partial charge in [-0.05, 0) is 31.6 Å². The molecule has 2 fully saturated rings. The summed E-state index contributed by atoms with van der Waals surface area (Å²) in [5.41, 5.74) is -0.0573. The number of hydrogen-bond acceptors (Lipinski definition) is 7. The van der Waals surface area contributed by atoms with Crippen molar-refractivity contribution in [3.63, 3.8) is 0 Å². The fourth-order valence-electron chi connectivity index (χ4n) is 4.50. The molecule has 0 unspecified atom stereocenters. The standard InChI is InChI=1S/C21H25F5N4O4S/c1-35(31,32)30-8-2-13(3-9-30)19-16(22)10-15(11-17(19)23)33-14-4-6-29(7-5-14)12-18-27-20(28-34-18)21(24,25)26/h10-11,13-14H,2-9,12H2,1H3. The van der Waals surface area contributed by atoms with Crippen molar-refractivity contribution in [2.75, 3.05) is 32.4 Å². The van der Waals surface area contributed by atoms with Gasteiger partial charge in [-0.1, -0.05) is 5.16 Å². The molecular formula is C21H25F5N4O4S. The fourth-order valence-corrected chi connectivity index (χ4v) is 5.37. The summed E-state index contributed by atoms with van der Waals surface area (Å²) in [6, 6.07) is 2.29. The second-order valence-corrected chi connectivity index (χ2v) is 10.8. The first kappa shape index (κ1) is 25.8. The third-order valence-electron chi connectivity index (χ3n) is 6.30. The maximum atomic E-state index is 14.8. The van der Waals surface area contributed by atoms with Gasteiger partial charge in [-0.3, -0.25) is 4.90 Å². The average molecular weight is 525 g/mol. The summed E-state index contributed by atoms with van der Waals surface area (Å²) in [7, 11) is -3.34. The molecule has 0 aliphatic carbocycles. The van der Waals surface area contributed by atoms with Crippen molar-refractivity contribution in [3.05, 3.63) is 41.0 Å². The van der Waals surface area contributed by atoms with Crippen LogP contribution in [-0.2, 0) is 22.7 Å². The van der Waals surface area contributed by atoms with E-state index in [-0.39, 0.29) is 42.9 Å². The normalized spacial score (nSPS) is 19.8. The Hall–Kier alpha value is -2.32. The van der Waals surface area contributed by atoms with Crippen molar-refractivity contribution in [2.45, 2.75) is 50.4 Å². The van der Waals surface area contributed by atoms with E-state index >= 15 is 0 Å². The Kier molecular flexibility index (Phi) is 7.34. The lowest BCUT2D eigenvalue weighted by atomic mass is 9.89. The first-order chi connectivity index (χ1) is 16.4. The predicted molar refractivity (Wildman–Crippen MR) is 113 cm³/mol. The summed E-state index contributed by atoms with van der Waals surface area (Å²) in [5, 5.41) is 2.93. The monoisotopic (exact) mass is 524 g/mol. The lowest BCUT2D eigenvalue weighted by molar-refractivity contribution is -0.146. The summed E-state index contributed by atoms with van der Waals surface area (Å²) >= 11 is 0. The summed E-state index contributed by atoms with van der Waals surface area (Å²) in [5.74, 6) is -3.28. The van der Waals surface area contributed by atoms with Crippen LogP contribution >= 0.6 is 0 Å². The number of alkyl halides is 3. The van der Waals surface area contributed by atoms with E-state index in [9.17, 15) is 30.4 Å². The van der Waals surface area contributed by atoms with Crippen LogP contribution in [0.4, 0.5) is 22.0 Å². The van der Waals surface area contributed by atoms with Crippen LogP contribution in [0, 0.1) is 11.6 Å². The number of rotatable bonds is 6. The van der Waals surface area contributed by atoms with Crippen LogP contribution in [0.5, 0.6) is 5.75 Å². The van der Waals surface area contributed by atoms with E-state index in [1.807, 2.05) is 4.90 Å². The molecule has 14 heteroatoms. The lowest BCUT2D eigenvalue weighted by Gasteiger charge is -2.32. The molecule has 0 saturated carbocycles. The number of halogens is 5. The second-order valence-electron chi connectivity index (χ2n) is 8.84. The van der Waals surface area contributed by atoms with Crippen molar-refractivity contribution in [1.82, 2.24) is 19.3 Å². The Bertz CT molecular complexity index is 1120. The number of aromatic nitrogens is 2. The Morgan fingerprint density at radius 3 is 2.17 bits per heavy atom. The van der Waals surface area contributed by atoms with Crippen molar-refractivity contribution >= 4 is 10.0 Å². The largest absolute Gasteiger partial charge is 0.490 e. The number of benzene rings is 1. The molecule has 2 saturated heterocycles. The number of sulfonamides is 1. The van der Waals surface area contributed by atoms with E-state index in [1.54, 1.807) is 0 Å². The molecular weight excluding hydrogens is 499 g/mol. The molecule has 35 heavy (non-hydrogen) atoms. The zero-order valence-electron chi connectivity index (χ0n) is 18.9. The zero-order valence-corrected chi connectivity index (χ0v) is 19.7. The van der Waals surface area contributed by atoms with Crippen LogP contribution in [0.3, 0.4) is 0 Å². The van der Waals surface area contributed by atoms with Gasteiger partial charge in [0.1, 0.15) is 23.5 Å². The first-order valence-electron chi connectivity index (χ1n) is 11.1.